The Balaban J connectivity index is 0.000000157. The molecule has 176 valence electrons. The standard InChI is InChI=1S/C12H14N2O2.C10H9F3N2O2/c13-10-6-9-5-8(7-1-2-7)3-4-11(9)14(16)12(10)15;11-10(12,13)6-3-1-2-5-4-7(14)9(16)15(17)8(5)6/h3-5,7,10,16H,1-2,6,13H2;1-3,7,17H,4,14H2/t;7-/m.0/s1. The number of para-hydroxylation sites is 1. The molecule has 1 unspecified atom stereocenters. The van der Waals surface area contributed by atoms with Crippen LogP contribution in [-0.4, -0.2) is 34.3 Å². The predicted molar refractivity (Wildman–Crippen MR) is 112 cm³/mol. The first-order valence-electron chi connectivity index (χ1n) is 10.4. The van der Waals surface area contributed by atoms with Gasteiger partial charge in [-0.2, -0.15) is 23.3 Å². The van der Waals surface area contributed by atoms with Crippen molar-refractivity contribution in [3.8, 4) is 0 Å². The fourth-order valence-corrected chi connectivity index (χ4v) is 4.07. The van der Waals surface area contributed by atoms with E-state index in [-0.39, 0.29) is 17.0 Å². The number of halogens is 3. The van der Waals surface area contributed by atoms with Crippen molar-refractivity contribution < 1.29 is 33.2 Å². The van der Waals surface area contributed by atoms with Crippen LogP contribution in [0.25, 0.3) is 0 Å². The maximum absolute atomic E-state index is 12.7. The molecule has 2 atom stereocenters. The molecule has 2 aromatic carbocycles. The summed E-state index contributed by atoms with van der Waals surface area (Å²) < 4.78 is 38.1. The lowest BCUT2D eigenvalue weighted by Crippen LogP contribution is -2.48. The van der Waals surface area contributed by atoms with E-state index >= 15 is 0 Å². The van der Waals surface area contributed by atoms with Crippen LogP contribution < -0.4 is 21.6 Å². The lowest BCUT2D eigenvalue weighted by Gasteiger charge is -2.29. The average Bonchev–Trinajstić information content (AvgIpc) is 3.60. The van der Waals surface area contributed by atoms with Gasteiger partial charge in [0.25, 0.3) is 11.8 Å². The van der Waals surface area contributed by atoms with Gasteiger partial charge in [0.1, 0.15) is 0 Å². The number of rotatable bonds is 1. The van der Waals surface area contributed by atoms with Crippen LogP contribution in [0.5, 0.6) is 0 Å². The van der Waals surface area contributed by atoms with E-state index in [1.165, 1.54) is 30.5 Å². The van der Waals surface area contributed by atoms with Crippen molar-refractivity contribution in [2.45, 2.75) is 49.9 Å². The molecule has 0 aromatic heterocycles. The Bertz CT molecular complexity index is 1100. The van der Waals surface area contributed by atoms with Gasteiger partial charge >= 0.3 is 6.18 Å². The monoisotopic (exact) mass is 464 g/mol. The number of fused-ring (bicyclic) bond motifs is 2. The van der Waals surface area contributed by atoms with Crippen LogP contribution in [0.15, 0.2) is 36.4 Å². The van der Waals surface area contributed by atoms with Crippen molar-refractivity contribution in [2.75, 3.05) is 10.1 Å². The molecule has 0 radical (unpaired) electrons. The molecule has 2 heterocycles. The number of hydrogen-bond donors (Lipinski definition) is 4. The number of anilines is 2. The molecular formula is C22H23F3N4O4. The van der Waals surface area contributed by atoms with Crippen LogP contribution >= 0.6 is 0 Å². The van der Waals surface area contributed by atoms with E-state index in [2.05, 4.69) is 6.07 Å². The molecule has 2 aromatic rings. The van der Waals surface area contributed by atoms with Gasteiger partial charge < -0.3 is 11.5 Å². The molecular weight excluding hydrogens is 441 g/mol. The van der Waals surface area contributed by atoms with Gasteiger partial charge in [-0.05, 0) is 60.4 Å². The van der Waals surface area contributed by atoms with Gasteiger partial charge in [-0.3, -0.25) is 20.0 Å². The molecule has 8 nitrogen and oxygen atoms in total. The second-order valence-corrected chi connectivity index (χ2v) is 8.39. The normalized spacial score (nSPS) is 22.4. The fourth-order valence-electron chi connectivity index (χ4n) is 4.07. The molecule has 3 aliphatic rings. The maximum atomic E-state index is 12.7. The SMILES string of the molecule is NC1Cc2cc(C3CC3)ccc2N(O)C1=O.N[C@H]1Cc2cccc(C(F)(F)F)c2N(O)C1=O. The molecule has 33 heavy (non-hydrogen) atoms. The van der Waals surface area contributed by atoms with E-state index in [9.17, 15) is 33.2 Å². The number of carbonyl (C=O) groups is 2. The van der Waals surface area contributed by atoms with Crippen molar-refractivity contribution in [3.05, 3.63) is 58.7 Å². The first kappa shape index (κ1) is 23.2. The van der Waals surface area contributed by atoms with Crippen molar-refractivity contribution in [1.82, 2.24) is 0 Å². The molecule has 6 N–H and O–H groups in total. The number of hydroxylamine groups is 2. The van der Waals surface area contributed by atoms with Crippen LogP contribution in [0.2, 0.25) is 0 Å². The van der Waals surface area contributed by atoms with E-state index in [1.807, 2.05) is 12.1 Å². The van der Waals surface area contributed by atoms with Gasteiger partial charge in [-0.15, -0.1) is 0 Å². The predicted octanol–water partition coefficient (Wildman–Crippen LogP) is 2.48. The summed E-state index contributed by atoms with van der Waals surface area (Å²) in [5.74, 6) is -0.688. The van der Waals surface area contributed by atoms with Gasteiger partial charge in [-0.1, -0.05) is 24.3 Å². The first-order chi connectivity index (χ1) is 15.5. The number of benzene rings is 2. The number of nitrogens with zero attached hydrogens (tertiary/aromatic N) is 2. The number of hydrogen-bond acceptors (Lipinski definition) is 6. The van der Waals surface area contributed by atoms with Crippen molar-refractivity contribution in [1.29, 1.82) is 0 Å². The number of nitrogens with two attached hydrogens (primary N) is 2. The number of alkyl halides is 3. The zero-order valence-electron chi connectivity index (χ0n) is 17.4. The Hall–Kier alpha value is -2.99. The quantitative estimate of drug-likeness (QED) is 0.480. The lowest BCUT2D eigenvalue weighted by atomic mass is 9.96. The largest absolute Gasteiger partial charge is 0.418 e. The molecule has 11 heteroatoms. The third-order valence-electron chi connectivity index (χ3n) is 5.95. The summed E-state index contributed by atoms with van der Waals surface area (Å²) in [5.41, 5.74) is 12.6. The van der Waals surface area contributed by atoms with E-state index in [0.717, 1.165) is 11.6 Å². The highest BCUT2D eigenvalue weighted by atomic mass is 19.4. The van der Waals surface area contributed by atoms with Gasteiger partial charge in [-0.25, -0.2) is 0 Å². The number of carbonyl (C=O) groups excluding carboxylic acids is 2. The van der Waals surface area contributed by atoms with Crippen molar-refractivity contribution in [3.63, 3.8) is 0 Å². The maximum Gasteiger partial charge on any atom is 0.418 e. The Kier molecular flexibility index (Phi) is 5.91. The Morgan fingerprint density at radius 2 is 1.48 bits per heavy atom. The minimum atomic E-state index is -4.63. The lowest BCUT2D eigenvalue weighted by molar-refractivity contribution is -0.138. The smallest absolute Gasteiger partial charge is 0.320 e. The summed E-state index contributed by atoms with van der Waals surface area (Å²) in [6.07, 6.45) is -1.64. The summed E-state index contributed by atoms with van der Waals surface area (Å²) in [7, 11) is 0. The molecule has 2 amide bonds. The Morgan fingerprint density at radius 1 is 0.879 bits per heavy atom. The zero-order chi connectivity index (χ0) is 24.1. The van der Waals surface area contributed by atoms with E-state index < -0.39 is 41.3 Å². The third kappa shape index (κ3) is 4.44. The zero-order valence-corrected chi connectivity index (χ0v) is 17.4. The van der Waals surface area contributed by atoms with E-state index in [4.69, 9.17) is 11.5 Å². The van der Waals surface area contributed by atoms with Crippen LogP contribution in [0.3, 0.4) is 0 Å². The highest BCUT2D eigenvalue weighted by molar-refractivity contribution is 5.99. The van der Waals surface area contributed by atoms with Gasteiger partial charge in [0.2, 0.25) is 0 Å². The summed E-state index contributed by atoms with van der Waals surface area (Å²) in [6, 6.07) is 7.67. The minimum absolute atomic E-state index is 0.00762. The van der Waals surface area contributed by atoms with Crippen LogP contribution in [0.1, 0.15) is 41.0 Å². The van der Waals surface area contributed by atoms with E-state index in [1.54, 1.807) is 0 Å². The Labute approximate surface area is 187 Å². The summed E-state index contributed by atoms with van der Waals surface area (Å²) in [6.45, 7) is 0. The molecule has 0 bridgehead atoms. The molecule has 5 rings (SSSR count). The minimum Gasteiger partial charge on any atom is -0.320 e. The van der Waals surface area contributed by atoms with Gasteiger partial charge in [0.15, 0.2) is 0 Å². The van der Waals surface area contributed by atoms with Crippen LogP contribution in [0.4, 0.5) is 24.5 Å². The van der Waals surface area contributed by atoms with Gasteiger partial charge in [0.05, 0.1) is 29.0 Å². The average molecular weight is 464 g/mol. The topological polar surface area (TPSA) is 133 Å². The molecule has 1 aliphatic carbocycles. The Morgan fingerprint density at radius 3 is 2.09 bits per heavy atom. The summed E-state index contributed by atoms with van der Waals surface area (Å²) in [5, 5.41) is 19.8. The fraction of sp³-hybridized carbons (Fsp3) is 0.364. The van der Waals surface area contributed by atoms with E-state index in [0.29, 0.717) is 23.1 Å². The molecule has 1 saturated carbocycles. The second kappa shape index (κ2) is 8.41. The third-order valence-corrected chi connectivity index (χ3v) is 5.95. The highest BCUT2D eigenvalue weighted by Crippen LogP contribution is 2.42. The molecule has 2 aliphatic heterocycles. The van der Waals surface area contributed by atoms with Crippen LogP contribution in [-0.2, 0) is 28.6 Å². The molecule has 1 fully saturated rings. The van der Waals surface area contributed by atoms with Gasteiger partial charge in [0, 0.05) is 0 Å². The first-order valence-corrected chi connectivity index (χ1v) is 10.4. The number of amides is 2. The molecule has 0 spiro atoms. The molecule has 0 saturated heterocycles. The highest BCUT2D eigenvalue weighted by Gasteiger charge is 2.40. The summed E-state index contributed by atoms with van der Waals surface area (Å²) >= 11 is 0. The van der Waals surface area contributed by atoms with Crippen molar-refractivity contribution >= 4 is 23.2 Å². The van der Waals surface area contributed by atoms with Crippen LogP contribution in [0, 0.1) is 0 Å². The summed E-state index contributed by atoms with van der Waals surface area (Å²) in [4.78, 5) is 22.8. The van der Waals surface area contributed by atoms with Crippen molar-refractivity contribution in [2.24, 2.45) is 11.5 Å². The second-order valence-electron chi connectivity index (χ2n) is 8.39.